The van der Waals surface area contributed by atoms with E-state index in [1.54, 1.807) is 6.21 Å². The highest BCUT2D eigenvalue weighted by molar-refractivity contribution is 6.06. The molecule has 0 spiro atoms. The molecule has 0 aliphatic heterocycles. The second kappa shape index (κ2) is 7.31. The minimum absolute atomic E-state index is 0.203. The summed E-state index contributed by atoms with van der Waals surface area (Å²) >= 11 is 0. The molecule has 1 fully saturated rings. The summed E-state index contributed by atoms with van der Waals surface area (Å²) in [7, 11) is 0. The summed E-state index contributed by atoms with van der Waals surface area (Å²) in [4.78, 5) is 17.4. The Morgan fingerprint density at radius 3 is 2.59 bits per heavy atom. The molecular formula is C23H23N3O. The molecule has 0 atom stereocenters. The standard InChI is InChI=1S/C23H23N3O/c1-15(2)17-9-7-16(8-10-17)14-24-26-23(27)20-13-22(18-11-12-18)25-21-6-4-3-5-19(20)21/h3-10,13-15,18H,11-12H2,1-2H3,(H,26,27). The van der Waals surface area contributed by atoms with Gasteiger partial charge in [-0.3, -0.25) is 9.78 Å². The fraction of sp³-hybridized carbons (Fsp3) is 0.261. The van der Waals surface area contributed by atoms with Gasteiger partial charge in [0, 0.05) is 17.0 Å². The number of aromatic nitrogens is 1. The lowest BCUT2D eigenvalue weighted by molar-refractivity contribution is 0.0956. The third kappa shape index (κ3) is 3.90. The van der Waals surface area contributed by atoms with E-state index < -0.39 is 0 Å². The quantitative estimate of drug-likeness (QED) is 0.516. The van der Waals surface area contributed by atoms with Crippen LogP contribution < -0.4 is 5.43 Å². The van der Waals surface area contributed by atoms with E-state index in [0.29, 0.717) is 17.4 Å². The fourth-order valence-electron chi connectivity index (χ4n) is 3.16. The van der Waals surface area contributed by atoms with Crippen molar-refractivity contribution >= 4 is 23.0 Å². The number of benzene rings is 2. The molecule has 1 heterocycles. The Bertz CT molecular complexity index is 1000. The molecule has 0 saturated heterocycles. The highest BCUT2D eigenvalue weighted by atomic mass is 16.2. The van der Waals surface area contributed by atoms with Gasteiger partial charge >= 0.3 is 0 Å². The zero-order chi connectivity index (χ0) is 18.8. The first kappa shape index (κ1) is 17.4. The number of hydrazone groups is 1. The van der Waals surface area contributed by atoms with Gasteiger partial charge in [0.2, 0.25) is 0 Å². The van der Waals surface area contributed by atoms with Gasteiger partial charge in [-0.1, -0.05) is 56.3 Å². The van der Waals surface area contributed by atoms with Crippen molar-refractivity contribution in [2.24, 2.45) is 5.10 Å². The molecule has 2 aromatic carbocycles. The molecule has 4 nitrogen and oxygen atoms in total. The van der Waals surface area contributed by atoms with Crippen molar-refractivity contribution in [1.29, 1.82) is 0 Å². The molecule has 1 aliphatic rings. The molecule has 136 valence electrons. The van der Waals surface area contributed by atoms with Gasteiger partial charge in [0.05, 0.1) is 17.3 Å². The molecule has 1 saturated carbocycles. The first-order chi connectivity index (χ1) is 13.1. The summed E-state index contributed by atoms with van der Waals surface area (Å²) < 4.78 is 0. The van der Waals surface area contributed by atoms with Crippen LogP contribution in [0.4, 0.5) is 0 Å². The monoisotopic (exact) mass is 357 g/mol. The number of carbonyl (C=O) groups is 1. The van der Waals surface area contributed by atoms with Gasteiger partial charge in [0.15, 0.2) is 0 Å². The summed E-state index contributed by atoms with van der Waals surface area (Å²) in [6.45, 7) is 4.33. The van der Waals surface area contributed by atoms with E-state index in [1.807, 2.05) is 42.5 Å². The molecule has 3 aromatic rings. The molecule has 4 rings (SSSR count). The lowest BCUT2D eigenvalue weighted by Gasteiger charge is -2.08. The summed E-state index contributed by atoms with van der Waals surface area (Å²) in [6.07, 6.45) is 3.97. The van der Waals surface area contributed by atoms with Crippen LogP contribution in [0, 0.1) is 0 Å². The van der Waals surface area contributed by atoms with Gasteiger partial charge < -0.3 is 0 Å². The molecule has 1 aromatic heterocycles. The summed E-state index contributed by atoms with van der Waals surface area (Å²) in [5, 5.41) is 5.00. The molecular weight excluding hydrogens is 334 g/mol. The largest absolute Gasteiger partial charge is 0.272 e. The first-order valence-electron chi connectivity index (χ1n) is 9.45. The van der Waals surface area contributed by atoms with E-state index in [9.17, 15) is 4.79 Å². The van der Waals surface area contributed by atoms with E-state index >= 15 is 0 Å². The zero-order valence-corrected chi connectivity index (χ0v) is 15.6. The molecule has 0 bridgehead atoms. The number of pyridine rings is 1. The molecule has 4 heteroatoms. The zero-order valence-electron chi connectivity index (χ0n) is 15.6. The topological polar surface area (TPSA) is 54.4 Å². The maximum atomic E-state index is 12.7. The van der Waals surface area contributed by atoms with Crippen LogP contribution in [0.25, 0.3) is 10.9 Å². The third-order valence-corrected chi connectivity index (χ3v) is 4.96. The van der Waals surface area contributed by atoms with Crippen molar-refractivity contribution in [3.05, 3.63) is 77.0 Å². The van der Waals surface area contributed by atoms with Crippen molar-refractivity contribution in [2.75, 3.05) is 0 Å². The summed E-state index contributed by atoms with van der Waals surface area (Å²) in [5.74, 6) is 0.783. The van der Waals surface area contributed by atoms with Crippen LogP contribution in [0.5, 0.6) is 0 Å². The smallest absolute Gasteiger partial charge is 0.267 e. The van der Waals surface area contributed by atoms with Crippen molar-refractivity contribution in [3.8, 4) is 0 Å². The third-order valence-electron chi connectivity index (χ3n) is 4.96. The number of carbonyl (C=O) groups excluding carboxylic acids is 1. The van der Waals surface area contributed by atoms with Crippen molar-refractivity contribution < 1.29 is 4.79 Å². The maximum absolute atomic E-state index is 12.7. The Labute approximate surface area is 159 Å². The Morgan fingerprint density at radius 2 is 1.89 bits per heavy atom. The Hall–Kier alpha value is -3.01. The predicted molar refractivity (Wildman–Crippen MR) is 109 cm³/mol. The average molecular weight is 357 g/mol. The van der Waals surface area contributed by atoms with Crippen LogP contribution in [-0.2, 0) is 0 Å². The van der Waals surface area contributed by atoms with Crippen LogP contribution in [0.2, 0.25) is 0 Å². The molecule has 27 heavy (non-hydrogen) atoms. The van der Waals surface area contributed by atoms with Crippen LogP contribution in [0.1, 0.15) is 65.7 Å². The molecule has 1 aliphatic carbocycles. The number of rotatable bonds is 5. The lowest BCUT2D eigenvalue weighted by Crippen LogP contribution is -2.18. The van der Waals surface area contributed by atoms with E-state index in [-0.39, 0.29) is 5.91 Å². The fourth-order valence-corrected chi connectivity index (χ4v) is 3.16. The van der Waals surface area contributed by atoms with Gasteiger partial charge in [0.1, 0.15) is 0 Å². The van der Waals surface area contributed by atoms with Gasteiger partial charge in [-0.15, -0.1) is 0 Å². The van der Waals surface area contributed by atoms with Crippen LogP contribution in [-0.4, -0.2) is 17.1 Å². The van der Waals surface area contributed by atoms with E-state index in [4.69, 9.17) is 4.98 Å². The number of nitrogens with one attached hydrogen (secondary N) is 1. The van der Waals surface area contributed by atoms with E-state index in [2.05, 4.69) is 36.5 Å². The van der Waals surface area contributed by atoms with Gasteiger partial charge in [-0.25, -0.2) is 5.43 Å². The van der Waals surface area contributed by atoms with Crippen molar-refractivity contribution in [2.45, 2.75) is 38.5 Å². The van der Waals surface area contributed by atoms with Gasteiger partial charge in [0.25, 0.3) is 5.91 Å². The average Bonchev–Trinajstić information content (AvgIpc) is 3.52. The molecule has 1 N–H and O–H groups in total. The lowest BCUT2D eigenvalue weighted by atomic mass is 10.0. The Morgan fingerprint density at radius 1 is 1.15 bits per heavy atom. The number of para-hydroxylation sites is 1. The second-order valence-electron chi connectivity index (χ2n) is 7.41. The van der Waals surface area contributed by atoms with Crippen molar-refractivity contribution in [1.82, 2.24) is 10.4 Å². The molecule has 0 unspecified atom stereocenters. The van der Waals surface area contributed by atoms with Crippen LogP contribution in [0.3, 0.4) is 0 Å². The summed E-state index contributed by atoms with van der Waals surface area (Å²) in [6, 6.07) is 17.9. The number of nitrogens with zero attached hydrogens (tertiary/aromatic N) is 2. The Balaban J connectivity index is 1.54. The number of fused-ring (bicyclic) bond motifs is 1. The predicted octanol–water partition coefficient (Wildman–Crippen LogP) is 5.00. The van der Waals surface area contributed by atoms with Gasteiger partial charge in [-0.2, -0.15) is 5.10 Å². The number of hydrogen-bond acceptors (Lipinski definition) is 3. The minimum atomic E-state index is -0.203. The second-order valence-corrected chi connectivity index (χ2v) is 7.41. The number of amides is 1. The molecule has 0 radical (unpaired) electrons. The van der Waals surface area contributed by atoms with Crippen LogP contribution in [0.15, 0.2) is 59.7 Å². The highest BCUT2D eigenvalue weighted by Gasteiger charge is 2.26. The minimum Gasteiger partial charge on any atom is -0.267 e. The highest BCUT2D eigenvalue weighted by Crippen LogP contribution is 2.40. The van der Waals surface area contributed by atoms with E-state index in [1.165, 1.54) is 5.56 Å². The number of hydrogen-bond donors (Lipinski definition) is 1. The maximum Gasteiger partial charge on any atom is 0.272 e. The van der Waals surface area contributed by atoms with E-state index in [0.717, 1.165) is 35.0 Å². The Kier molecular flexibility index (Phi) is 4.71. The van der Waals surface area contributed by atoms with Crippen LogP contribution >= 0.6 is 0 Å². The van der Waals surface area contributed by atoms with Crippen molar-refractivity contribution in [3.63, 3.8) is 0 Å². The first-order valence-corrected chi connectivity index (χ1v) is 9.45. The summed E-state index contributed by atoms with van der Waals surface area (Å²) in [5.41, 5.74) is 7.41. The molecule has 1 amide bonds. The SMILES string of the molecule is CC(C)c1ccc(C=NNC(=O)c2cc(C3CC3)nc3ccccc23)cc1. The van der Waals surface area contributed by atoms with Gasteiger partial charge in [-0.05, 0) is 42.0 Å². The normalized spacial score (nSPS) is 14.2.